The Balaban J connectivity index is 1.58. The number of imide groups is 1. The van der Waals surface area contributed by atoms with Gasteiger partial charge in [-0.05, 0) is 37.1 Å². The Morgan fingerprint density at radius 1 is 1.12 bits per heavy atom. The lowest BCUT2D eigenvalue weighted by molar-refractivity contribution is -0.137. The van der Waals surface area contributed by atoms with Crippen LogP contribution < -0.4 is 10.9 Å². The van der Waals surface area contributed by atoms with E-state index in [9.17, 15) is 19.2 Å². The van der Waals surface area contributed by atoms with E-state index in [0.717, 1.165) is 4.90 Å². The fourth-order valence-corrected chi connectivity index (χ4v) is 3.50. The standard InChI is InChI=1S/C23H22N4O7/c28-19(29)9-2-1-4-11-27-22(31)17(34-23(27)32)13-16-20(24-14-15-7-6-12-33-15)25-18-8-3-5-10-26(18)21(16)30/h3,5-8,10,12-13,24H,1-2,4,9,11,14H2,(H,28,29)/b17-13-. The molecule has 0 unspecified atom stereocenters. The number of furan rings is 1. The van der Waals surface area contributed by atoms with Crippen molar-refractivity contribution in [2.24, 2.45) is 0 Å². The van der Waals surface area contributed by atoms with E-state index >= 15 is 0 Å². The fraction of sp³-hybridized carbons (Fsp3) is 0.261. The number of anilines is 1. The molecule has 0 bridgehead atoms. The molecule has 0 aliphatic carbocycles. The summed E-state index contributed by atoms with van der Waals surface area (Å²) in [4.78, 5) is 54.2. The number of amides is 2. The minimum Gasteiger partial charge on any atom is -0.481 e. The summed E-state index contributed by atoms with van der Waals surface area (Å²) in [6.07, 6.45) is 4.90. The Hall–Kier alpha value is -4.41. The second-order valence-electron chi connectivity index (χ2n) is 7.58. The van der Waals surface area contributed by atoms with Crippen molar-refractivity contribution in [2.75, 3.05) is 11.9 Å². The van der Waals surface area contributed by atoms with Crippen molar-refractivity contribution in [1.29, 1.82) is 0 Å². The molecule has 3 aromatic rings. The number of nitrogens with one attached hydrogen (secondary N) is 1. The number of carboxylic acid groups (broad SMARTS) is 1. The fourth-order valence-electron chi connectivity index (χ4n) is 3.50. The first-order valence-electron chi connectivity index (χ1n) is 10.7. The third-order valence-electron chi connectivity index (χ3n) is 5.20. The molecule has 0 atom stereocenters. The molecule has 1 aliphatic rings. The van der Waals surface area contributed by atoms with Crippen LogP contribution in [0.3, 0.4) is 0 Å². The van der Waals surface area contributed by atoms with E-state index in [0.29, 0.717) is 30.7 Å². The molecule has 2 amide bonds. The van der Waals surface area contributed by atoms with E-state index < -0.39 is 23.5 Å². The number of carbonyl (C=O) groups excluding carboxylic acids is 2. The number of cyclic esters (lactones) is 1. The average Bonchev–Trinajstić information content (AvgIpc) is 3.43. The second kappa shape index (κ2) is 10.0. The molecule has 34 heavy (non-hydrogen) atoms. The molecule has 4 heterocycles. The first-order chi connectivity index (χ1) is 16.4. The number of rotatable bonds is 10. The summed E-state index contributed by atoms with van der Waals surface area (Å²) < 4.78 is 11.8. The number of carbonyl (C=O) groups is 3. The number of nitrogens with zero attached hydrogens (tertiary/aromatic N) is 3. The van der Waals surface area contributed by atoms with Gasteiger partial charge in [-0.25, -0.2) is 14.7 Å². The van der Waals surface area contributed by atoms with E-state index in [2.05, 4.69) is 10.3 Å². The molecule has 0 spiro atoms. The van der Waals surface area contributed by atoms with Crippen LogP contribution in [0.15, 0.2) is 57.8 Å². The highest BCUT2D eigenvalue weighted by Crippen LogP contribution is 2.22. The predicted octanol–water partition coefficient (Wildman–Crippen LogP) is 2.86. The molecular formula is C23H22N4O7. The van der Waals surface area contributed by atoms with Crippen LogP contribution in [0.1, 0.15) is 37.0 Å². The number of ether oxygens (including phenoxy) is 1. The molecule has 11 nitrogen and oxygen atoms in total. The van der Waals surface area contributed by atoms with Gasteiger partial charge in [0, 0.05) is 25.2 Å². The summed E-state index contributed by atoms with van der Waals surface area (Å²) in [5.74, 6) is -1.03. The predicted molar refractivity (Wildman–Crippen MR) is 120 cm³/mol. The van der Waals surface area contributed by atoms with E-state index in [1.54, 1.807) is 36.5 Å². The van der Waals surface area contributed by atoms with Crippen LogP contribution >= 0.6 is 0 Å². The van der Waals surface area contributed by atoms with Crippen LogP contribution in [0.2, 0.25) is 0 Å². The van der Waals surface area contributed by atoms with E-state index in [1.165, 1.54) is 16.7 Å². The lowest BCUT2D eigenvalue weighted by Crippen LogP contribution is -2.29. The highest BCUT2D eigenvalue weighted by atomic mass is 16.6. The molecule has 0 radical (unpaired) electrons. The quantitative estimate of drug-likeness (QED) is 0.340. The normalized spacial score (nSPS) is 14.7. The van der Waals surface area contributed by atoms with Crippen LogP contribution in [0.4, 0.5) is 10.6 Å². The van der Waals surface area contributed by atoms with E-state index in [1.807, 2.05) is 0 Å². The first kappa shape index (κ1) is 22.8. The number of fused-ring (bicyclic) bond motifs is 1. The molecule has 2 N–H and O–H groups in total. The van der Waals surface area contributed by atoms with Gasteiger partial charge in [0.1, 0.15) is 17.2 Å². The summed E-state index contributed by atoms with van der Waals surface area (Å²) in [6.45, 7) is 0.335. The van der Waals surface area contributed by atoms with Gasteiger partial charge in [0.05, 0.1) is 18.4 Å². The van der Waals surface area contributed by atoms with Crippen molar-refractivity contribution in [3.63, 3.8) is 0 Å². The maximum Gasteiger partial charge on any atom is 0.422 e. The zero-order valence-corrected chi connectivity index (χ0v) is 18.1. The number of aliphatic carboxylic acids is 1. The van der Waals surface area contributed by atoms with Crippen LogP contribution in [0.5, 0.6) is 0 Å². The van der Waals surface area contributed by atoms with Gasteiger partial charge in [-0.1, -0.05) is 12.5 Å². The van der Waals surface area contributed by atoms with Gasteiger partial charge < -0.3 is 19.6 Å². The molecule has 1 fully saturated rings. The van der Waals surface area contributed by atoms with E-state index in [4.69, 9.17) is 14.3 Å². The van der Waals surface area contributed by atoms with Gasteiger partial charge in [-0.2, -0.15) is 0 Å². The molecule has 0 saturated carbocycles. The highest BCUT2D eigenvalue weighted by Gasteiger charge is 2.36. The maximum absolute atomic E-state index is 13.2. The van der Waals surface area contributed by atoms with Gasteiger partial charge in [0.2, 0.25) is 0 Å². The highest BCUT2D eigenvalue weighted by molar-refractivity contribution is 6.10. The van der Waals surface area contributed by atoms with E-state index in [-0.39, 0.29) is 36.7 Å². The zero-order chi connectivity index (χ0) is 24.1. The smallest absolute Gasteiger partial charge is 0.422 e. The van der Waals surface area contributed by atoms with Crippen molar-refractivity contribution in [2.45, 2.75) is 32.2 Å². The average molecular weight is 466 g/mol. The second-order valence-corrected chi connectivity index (χ2v) is 7.58. The minimum atomic E-state index is -0.895. The van der Waals surface area contributed by atoms with Gasteiger partial charge in [0.15, 0.2) is 5.76 Å². The van der Waals surface area contributed by atoms with Crippen LogP contribution in [-0.4, -0.2) is 43.9 Å². The summed E-state index contributed by atoms with van der Waals surface area (Å²) >= 11 is 0. The number of pyridine rings is 1. The lowest BCUT2D eigenvalue weighted by Gasteiger charge is -2.10. The third kappa shape index (κ3) is 4.98. The van der Waals surface area contributed by atoms with Gasteiger partial charge in [0.25, 0.3) is 11.5 Å². The van der Waals surface area contributed by atoms with Gasteiger partial charge in [-0.3, -0.25) is 18.8 Å². The third-order valence-corrected chi connectivity index (χ3v) is 5.20. The number of hydrogen-bond donors (Lipinski definition) is 2. The Morgan fingerprint density at radius 3 is 2.74 bits per heavy atom. The number of carboxylic acids is 1. The van der Waals surface area contributed by atoms with Crippen LogP contribution in [0.25, 0.3) is 11.7 Å². The minimum absolute atomic E-state index is 0.0240. The van der Waals surface area contributed by atoms with Crippen molar-refractivity contribution >= 4 is 35.5 Å². The van der Waals surface area contributed by atoms with Crippen LogP contribution in [0, 0.1) is 0 Å². The SMILES string of the molecule is O=C(O)CCCCCN1C(=O)O/C(=C\c2c(NCc3ccco3)nc3ccccn3c2=O)C1=O. The van der Waals surface area contributed by atoms with Crippen molar-refractivity contribution in [3.05, 3.63) is 70.2 Å². The Kier molecular flexibility index (Phi) is 6.72. The topological polar surface area (TPSA) is 143 Å². The summed E-state index contributed by atoms with van der Waals surface area (Å²) in [5.41, 5.74) is 0.0000503. The Bertz CT molecular complexity index is 1310. The number of unbranched alkanes of at least 4 members (excludes halogenated alkanes) is 2. The maximum atomic E-state index is 13.2. The summed E-state index contributed by atoms with van der Waals surface area (Å²) in [5, 5.41) is 11.7. The zero-order valence-electron chi connectivity index (χ0n) is 18.1. The Morgan fingerprint density at radius 2 is 1.97 bits per heavy atom. The molecule has 1 aliphatic heterocycles. The number of hydrogen-bond acceptors (Lipinski definition) is 8. The summed E-state index contributed by atoms with van der Waals surface area (Å²) in [6, 6.07) is 8.58. The number of aromatic nitrogens is 2. The largest absolute Gasteiger partial charge is 0.481 e. The van der Waals surface area contributed by atoms with Gasteiger partial charge in [-0.15, -0.1) is 0 Å². The molecule has 176 valence electrons. The first-order valence-corrected chi connectivity index (χ1v) is 10.7. The molecule has 11 heteroatoms. The molecule has 0 aromatic carbocycles. The van der Waals surface area contributed by atoms with Crippen LogP contribution in [-0.2, 0) is 20.9 Å². The Labute approximate surface area is 193 Å². The van der Waals surface area contributed by atoms with Crippen molar-refractivity contribution < 1.29 is 28.6 Å². The molecule has 4 rings (SSSR count). The van der Waals surface area contributed by atoms with Crippen molar-refractivity contribution in [3.8, 4) is 0 Å². The lowest BCUT2D eigenvalue weighted by atomic mass is 10.2. The van der Waals surface area contributed by atoms with Gasteiger partial charge >= 0.3 is 12.1 Å². The molecular weight excluding hydrogens is 444 g/mol. The molecule has 1 saturated heterocycles. The summed E-state index contributed by atoms with van der Waals surface area (Å²) in [7, 11) is 0. The van der Waals surface area contributed by atoms with Crippen molar-refractivity contribution in [1.82, 2.24) is 14.3 Å². The monoisotopic (exact) mass is 466 g/mol. The molecule has 3 aromatic heterocycles.